The first-order chi connectivity index (χ1) is 8.65. The van der Waals surface area contributed by atoms with Crippen molar-refractivity contribution in [2.45, 2.75) is 20.3 Å². The first-order valence-electron chi connectivity index (χ1n) is 6.13. The summed E-state index contributed by atoms with van der Waals surface area (Å²) in [6.07, 6.45) is 5.38. The fourth-order valence-electron chi connectivity index (χ4n) is 1.97. The molecule has 0 amide bonds. The molecule has 0 radical (unpaired) electrons. The van der Waals surface area contributed by atoms with Crippen molar-refractivity contribution < 1.29 is 0 Å². The normalized spacial score (nSPS) is 11.1. The number of halogens is 1. The summed E-state index contributed by atoms with van der Waals surface area (Å²) >= 11 is 3.44. The molecule has 0 aliphatic heterocycles. The SMILES string of the molecule is Cc1ccc(C/C=C/c2ccc(Br)cc2)c(C)c1. The molecule has 0 heterocycles. The summed E-state index contributed by atoms with van der Waals surface area (Å²) in [5.41, 5.74) is 5.33. The molecule has 0 saturated heterocycles. The predicted molar refractivity (Wildman–Crippen MR) is 82.8 cm³/mol. The van der Waals surface area contributed by atoms with Gasteiger partial charge in [0.1, 0.15) is 0 Å². The highest BCUT2D eigenvalue weighted by molar-refractivity contribution is 9.10. The van der Waals surface area contributed by atoms with Gasteiger partial charge in [-0.25, -0.2) is 0 Å². The Morgan fingerprint density at radius 2 is 1.72 bits per heavy atom. The molecular weight excluding hydrogens is 284 g/mol. The van der Waals surface area contributed by atoms with Gasteiger partial charge in [-0.15, -0.1) is 0 Å². The third kappa shape index (κ3) is 3.58. The topological polar surface area (TPSA) is 0 Å². The van der Waals surface area contributed by atoms with E-state index in [-0.39, 0.29) is 0 Å². The molecule has 0 N–H and O–H groups in total. The number of benzene rings is 2. The number of rotatable bonds is 3. The Hall–Kier alpha value is -1.34. The minimum absolute atomic E-state index is 0.988. The standard InChI is InChI=1S/C17H17Br/c1-13-6-9-16(14(2)12-13)5-3-4-15-7-10-17(18)11-8-15/h3-4,6-12H,5H2,1-2H3/b4-3+. The fourth-order valence-corrected chi connectivity index (χ4v) is 2.24. The van der Waals surface area contributed by atoms with Gasteiger partial charge in [0.15, 0.2) is 0 Å². The summed E-state index contributed by atoms with van der Waals surface area (Å²) in [4.78, 5) is 0. The third-order valence-corrected chi connectivity index (χ3v) is 3.54. The fraction of sp³-hybridized carbons (Fsp3) is 0.176. The van der Waals surface area contributed by atoms with Crippen LogP contribution in [0.1, 0.15) is 22.3 Å². The summed E-state index contributed by atoms with van der Waals surface area (Å²) in [6, 6.07) is 15.0. The summed E-state index contributed by atoms with van der Waals surface area (Å²) in [5.74, 6) is 0. The molecule has 18 heavy (non-hydrogen) atoms. The van der Waals surface area contributed by atoms with Gasteiger partial charge < -0.3 is 0 Å². The van der Waals surface area contributed by atoms with E-state index in [1.54, 1.807) is 0 Å². The Bertz CT molecular complexity index is 550. The molecule has 0 aliphatic rings. The lowest BCUT2D eigenvalue weighted by molar-refractivity contribution is 1.20. The maximum atomic E-state index is 3.44. The number of hydrogen-bond acceptors (Lipinski definition) is 0. The van der Waals surface area contributed by atoms with Crippen LogP contribution in [0.3, 0.4) is 0 Å². The van der Waals surface area contributed by atoms with Crippen LogP contribution in [0.5, 0.6) is 0 Å². The highest BCUT2D eigenvalue weighted by Gasteiger charge is 1.96. The van der Waals surface area contributed by atoms with Crippen molar-refractivity contribution in [3.63, 3.8) is 0 Å². The molecule has 2 aromatic carbocycles. The van der Waals surface area contributed by atoms with Crippen LogP contribution in [0.2, 0.25) is 0 Å². The lowest BCUT2D eigenvalue weighted by atomic mass is 10.0. The van der Waals surface area contributed by atoms with E-state index in [0.29, 0.717) is 0 Å². The van der Waals surface area contributed by atoms with E-state index < -0.39 is 0 Å². The van der Waals surface area contributed by atoms with Gasteiger partial charge in [-0.3, -0.25) is 0 Å². The summed E-state index contributed by atoms with van der Waals surface area (Å²) < 4.78 is 1.12. The van der Waals surface area contributed by atoms with Crippen LogP contribution in [0.15, 0.2) is 53.0 Å². The first-order valence-corrected chi connectivity index (χ1v) is 6.93. The van der Waals surface area contributed by atoms with E-state index in [0.717, 1.165) is 10.9 Å². The van der Waals surface area contributed by atoms with E-state index in [1.165, 1.54) is 22.3 Å². The van der Waals surface area contributed by atoms with Crippen LogP contribution < -0.4 is 0 Å². The average molecular weight is 301 g/mol. The van der Waals surface area contributed by atoms with Gasteiger partial charge in [0, 0.05) is 4.47 Å². The molecule has 0 aromatic heterocycles. The average Bonchev–Trinajstić information content (AvgIpc) is 2.34. The highest BCUT2D eigenvalue weighted by atomic mass is 79.9. The smallest absolute Gasteiger partial charge is 0.0175 e. The quantitative estimate of drug-likeness (QED) is 0.719. The van der Waals surface area contributed by atoms with Gasteiger partial charge in [-0.1, -0.05) is 64.0 Å². The molecule has 0 fully saturated rings. The zero-order valence-corrected chi connectivity index (χ0v) is 12.4. The molecule has 0 unspecified atom stereocenters. The molecule has 2 rings (SSSR count). The number of hydrogen-bond donors (Lipinski definition) is 0. The van der Waals surface area contributed by atoms with Crippen molar-refractivity contribution in [2.24, 2.45) is 0 Å². The van der Waals surface area contributed by atoms with E-state index >= 15 is 0 Å². The van der Waals surface area contributed by atoms with E-state index in [2.05, 4.69) is 84.4 Å². The Morgan fingerprint density at radius 1 is 1.00 bits per heavy atom. The molecular formula is C17H17Br. The Balaban J connectivity index is 2.05. The van der Waals surface area contributed by atoms with Crippen LogP contribution in [0.4, 0.5) is 0 Å². The largest absolute Gasteiger partial charge is 0.0795 e. The molecule has 0 bridgehead atoms. The van der Waals surface area contributed by atoms with E-state index in [9.17, 15) is 0 Å². The van der Waals surface area contributed by atoms with Crippen molar-refractivity contribution in [1.29, 1.82) is 0 Å². The summed E-state index contributed by atoms with van der Waals surface area (Å²) in [6.45, 7) is 4.31. The highest BCUT2D eigenvalue weighted by Crippen LogP contribution is 2.14. The van der Waals surface area contributed by atoms with Crippen LogP contribution in [0.25, 0.3) is 6.08 Å². The number of allylic oxidation sites excluding steroid dienone is 1. The Labute approximate surface area is 117 Å². The molecule has 92 valence electrons. The van der Waals surface area contributed by atoms with Crippen LogP contribution in [-0.2, 0) is 6.42 Å². The van der Waals surface area contributed by atoms with Crippen molar-refractivity contribution in [1.82, 2.24) is 0 Å². The van der Waals surface area contributed by atoms with Crippen molar-refractivity contribution in [2.75, 3.05) is 0 Å². The van der Waals surface area contributed by atoms with Gasteiger partial charge in [0.25, 0.3) is 0 Å². The van der Waals surface area contributed by atoms with Gasteiger partial charge in [0.05, 0.1) is 0 Å². The Kier molecular flexibility index (Phi) is 4.38. The van der Waals surface area contributed by atoms with Crippen molar-refractivity contribution in [3.05, 3.63) is 75.3 Å². The summed E-state index contributed by atoms with van der Waals surface area (Å²) in [7, 11) is 0. The number of aryl methyl sites for hydroxylation is 2. The van der Waals surface area contributed by atoms with Crippen molar-refractivity contribution in [3.8, 4) is 0 Å². The first kappa shape index (κ1) is 13.1. The monoisotopic (exact) mass is 300 g/mol. The summed E-state index contributed by atoms with van der Waals surface area (Å²) in [5, 5.41) is 0. The zero-order valence-electron chi connectivity index (χ0n) is 10.8. The third-order valence-electron chi connectivity index (χ3n) is 3.02. The van der Waals surface area contributed by atoms with Gasteiger partial charge in [-0.2, -0.15) is 0 Å². The van der Waals surface area contributed by atoms with Crippen LogP contribution in [-0.4, -0.2) is 0 Å². The second-order valence-corrected chi connectivity index (χ2v) is 5.50. The maximum absolute atomic E-state index is 3.44. The molecule has 0 spiro atoms. The predicted octanol–water partition coefficient (Wildman–Crippen LogP) is 5.32. The molecule has 1 heteroatoms. The molecule has 0 nitrogen and oxygen atoms in total. The molecule has 2 aromatic rings. The lowest BCUT2D eigenvalue weighted by Crippen LogP contribution is -1.87. The minimum atomic E-state index is 0.988. The molecule has 0 atom stereocenters. The second kappa shape index (κ2) is 6.01. The van der Waals surface area contributed by atoms with Gasteiger partial charge >= 0.3 is 0 Å². The molecule has 0 saturated carbocycles. The van der Waals surface area contributed by atoms with E-state index in [1.807, 2.05) is 0 Å². The zero-order chi connectivity index (χ0) is 13.0. The Morgan fingerprint density at radius 3 is 2.39 bits per heavy atom. The van der Waals surface area contributed by atoms with Crippen molar-refractivity contribution >= 4 is 22.0 Å². The maximum Gasteiger partial charge on any atom is 0.0175 e. The van der Waals surface area contributed by atoms with Crippen LogP contribution in [0, 0.1) is 13.8 Å². The van der Waals surface area contributed by atoms with Crippen LogP contribution >= 0.6 is 15.9 Å². The lowest BCUT2D eigenvalue weighted by Gasteiger charge is -2.03. The molecule has 0 aliphatic carbocycles. The van der Waals surface area contributed by atoms with Gasteiger partial charge in [-0.05, 0) is 49.1 Å². The second-order valence-electron chi connectivity index (χ2n) is 4.59. The van der Waals surface area contributed by atoms with Gasteiger partial charge in [0.2, 0.25) is 0 Å². The van der Waals surface area contributed by atoms with E-state index in [4.69, 9.17) is 0 Å². The minimum Gasteiger partial charge on any atom is -0.0795 e.